The summed E-state index contributed by atoms with van der Waals surface area (Å²) in [5, 5.41) is 6.13. The van der Waals surface area contributed by atoms with Crippen LogP contribution in [0.15, 0.2) is 60.7 Å². The van der Waals surface area contributed by atoms with Crippen LogP contribution in [0.1, 0.15) is 45.5 Å². The van der Waals surface area contributed by atoms with Crippen LogP contribution in [-0.4, -0.2) is 51.8 Å². The molecule has 0 saturated heterocycles. The number of urea groups is 1. The van der Waals surface area contributed by atoms with Crippen LogP contribution in [0.3, 0.4) is 0 Å². The van der Waals surface area contributed by atoms with E-state index >= 15 is 0 Å². The molecule has 4 amide bonds. The third kappa shape index (κ3) is 7.68. The summed E-state index contributed by atoms with van der Waals surface area (Å²) >= 11 is 6.20. The molecule has 3 aromatic carbocycles. The predicted molar refractivity (Wildman–Crippen MR) is 157 cm³/mol. The number of hydrogen-bond acceptors (Lipinski definition) is 6. The molecular formula is C30H33ClN4O6. The van der Waals surface area contributed by atoms with Gasteiger partial charge < -0.3 is 25.0 Å². The molecule has 1 aliphatic heterocycles. The highest BCUT2D eigenvalue weighted by Crippen LogP contribution is 2.32. The van der Waals surface area contributed by atoms with E-state index in [4.69, 9.17) is 21.1 Å². The van der Waals surface area contributed by atoms with E-state index in [0.717, 1.165) is 30.5 Å². The first-order valence-electron chi connectivity index (χ1n) is 13.3. The second-order valence-corrected chi connectivity index (χ2v) is 9.75. The second-order valence-electron chi connectivity index (χ2n) is 9.32. The first-order valence-corrected chi connectivity index (χ1v) is 13.7. The van der Waals surface area contributed by atoms with E-state index in [-0.39, 0.29) is 12.5 Å². The van der Waals surface area contributed by atoms with Crippen molar-refractivity contribution in [2.75, 3.05) is 44.1 Å². The van der Waals surface area contributed by atoms with Crippen molar-refractivity contribution in [2.24, 2.45) is 0 Å². The fraction of sp³-hybridized carbons (Fsp3) is 0.300. The van der Waals surface area contributed by atoms with Crippen LogP contribution in [0.5, 0.6) is 11.5 Å². The summed E-state index contributed by atoms with van der Waals surface area (Å²) < 4.78 is 11.4. The van der Waals surface area contributed by atoms with Gasteiger partial charge >= 0.3 is 6.03 Å². The van der Waals surface area contributed by atoms with Crippen LogP contribution in [-0.2, 0) is 11.3 Å². The molecule has 4 rings (SSSR count). The van der Waals surface area contributed by atoms with Gasteiger partial charge in [-0.3, -0.25) is 14.4 Å². The number of anilines is 2. The van der Waals surface area contributed by atoms with Gasteiger partial charge in [0, 0.05) is 29.4 Å². The van der Waals surface area contributed by atoms with E-state index in [1.54, 1.807) is 53.4 Å². The number of hydrogen-bond donors (Lipinski definition) is 3. The molecule has 41 heavy (non-hydrogen) atoms. The van der Waals surface area contributed by atoms with Crippen molar-refractivity contribution >= 4 is 40.8 Å². The highest BCUT2D eigenvalue weighted by Gasteiger charge is 2.24. The molecular weight excluding hydrogens is 548 g/mol. The molecule has 1 aliphatic rings. The molecule has 0 saturated carbocycles. The Balaban J connectivity index is 1.44. The quantitative estimate of drug-likeness (QED) is 0.224. The van der Waals surface area contributed by atoms with Gasteiger partial charge in [-0.05, 0) is 79.8 Å². The number of para-hydroxylation sites is 1. The van der Waals surface area contributed by atoms with Crippen LogP contribution in [0.4, 0.5) is 16.2 Å². The zero-order chi connectivity index (χ0) is 29.2. The maximum Gasteiger partial charge on any atom is 0.338 e. The Morgan fingerprint density at radius 2 is 1.80 bits per heavy atom. The number of nitrogens with one attached hydrogen (secondary N) is 3. The molecule has 0 aromatic heterocycles. The lowest BCUT2D eigenvalue weighted by molar-refractivity contribution is 0.0985. The molecule has 0 unspecified atom stereocenters. The Hall–Kier alpha value is -4.28. The number of aryl methyl sites for hydroxylation is 1. The van der Waals surface area contributed by atoms with E-state index in [9.17, 15) is 14.4 Å². The smallest absolute Gasteiger partial charge is 0.338 e. The number of ether oxygens (including phenoxy) is 2. The van der Waals surface area contributed by atoms with Crippen LogP contribution >= 0.6 is 11.6 Å². The van der Waals surface area contributed by atoms with Crippen molar-refractivity contribution in [3.05, 3.63) is 82.4 Å². The van der Waals surface area contributed by atoms with Crippen LogP contribution in [0.25, 0.3) is 0 Å². The first kappa shape index (κ1) is 29.7. The highest BCUT2D eigenvalue weighted by molar-refractivity contribution is 6.30. The summed E-state index contributed by atoms with van der Waals surface area (Å²) in [4.78, 5) is 44.5. The minimum atomic E-state index is -0.449. The Labute approximate surface area is 243 Å². The Morgan fingerprint density at radius 1 is 0.976 bits per heavy atom. The predicted octanol–water partition coefficient (Wildman–Crippen LogP) is 5.21. The number of rotatable bonds is 10. The Bertz CT molecular complexity index is 1400. The average Bonchev–Trinajstić information content (AvgIpc) is 3.19. The molecule has 3 N–H and O–H groups in total. The lowest BCUT2D eigenvalue weighted by Gasteiger charge is -2.23. The number of hydroxylamine groups is 1. The third-order valence-electron chi connectivity index (χ3n) is 6.54. The zero-order valence-electron chi connectivity index (χ0n) is 23.0. The van der Waals surface area contributed by atoms with Crippen LogP contribution in [0, 0.1) is 0 Å². The number of nitrogens with zero attached hydrogens (tertiary/aromatic N) is 1. The van der Waals surface area contributed by atoms with Gasteiger partial charge in [-0.1, -0.05) is 23.7 Å². The van der Waals surface area contributed by atoms with Gasteiger partial charge in [0.15, 0.2) is 0 Å². The highest BCUT2D eigenvalue weighted by atomic mass is 35.5. The largest absolute Gasteiger partial charge is 0.495 e. The summed E-state index contributed by atoms with van der Waals surface area (Å²) in [5.74, 6) is 0.208. The monoisotopic (exact) mass is 580 g/mol. The van der Waals surface area contributed by atoms with E-state index < -0.39 is 11.9 Å². The minimum Gasteiger partial charge on any atom is -0.495 e. The van der Waals surface area contributed by atoms with Gasteiger partial charge in [0.05, 0.1) is 32.1 Å². The van der Waals surface area contributed by atoms with Crippen molar-refractivity contribution in [3.8, 4) is 11.5 Å². The third-order valence-corrected chi connectivity index (χ3v) is 6.78. The van der Waals surface area contributed by atoms with Crippen LogP contribution < -0.4 is 30.5 Å². The SMILES string of the molecule is CONC(=O)NCCCOc1ccccc1C(=O)Nc1ccc(C(=O)N2CCCCc3cc(Cl)ccc32)cc1OC. The van der Waals surface area contributed by atoms with Crippen molar-refractivity contribution in [1.82, 2.24) is 10.8 Å². The average molecular weight is 581 g/mol. The van der Waals surface area contributed by atoms with Gasteiger partial charge in [0.25, 0.3) is 11.8 Å². The van der Waals surface area contributed by atoms with Gasteiger partial charge in [-0.25, -0.2) is 10.3 Å². The lowest BCUT2D eigenvalue weighted by Crippen LogP contribution is -2.35. The number of fused-ring (bicyclic) bond motifs is 1. The normalized spacial score (nSPS) is 12.5. The molecule has 0 bridgehead atoms. The van der Waals surface area contributed by atoms with Gasteiger partial charge in [-0.15, -0.1) is 0 Å². The topological polar surface area (TPSA) is 118 Å². The van der Waals surface area contributed by atoms with Crippen molar-refractivity contribution in [3.63, 3.8) is 0 Å². The van der Waals surface area contributed by atoms with Gasteiger partial charge in [-0.2, -0.15) is 0 Å². The maximum absolute atomic E-state index is 13.6. The number of amides is 4. The molecule has 0 aliphatic carbocycles. The first-order chi connectivity index (χ1) is 19.9. The summed E-state index contributed by atoms with van der Waals surface area (Å²) in [6.45, 7) is 1.24. The van der Waals surface area contributed by atoms with E-state index in [0.29, 0.717) is 52.8 Å². The van der Waals surface area contributed by atoms with E-state index in [1.165, 1.54) is 14.2 Å². The Morgan fingerprint density at radius 3 is 2.61 bits per heavy atom. The molecule has 0 radical (unpaired) electrons. The molecule has 0 fully saturated rings. The number of carbonyl (C=O) groups excluding carboxylic acids is 3. The van der Waals surface area contributed by atoms with E-state index in [1.807, 2.05) is 12.1 Å². The number of carbonyl (C=O) groups is 3. The standard InChI is InChI=1S/C30H33ClN4O6/c1-39-27-19-21(29(37)35-16-6-5-8-20-18-22(31)12-14-25(20)35)11-13-24(27)33-28(36)23-9-3-4-10-26(23)41-17-7-15-32-30(38)34-40-2/h3-4,9-14,18-19H,5-8,15-17H2,1-2H3,(H,33,36)(H2,32,34,38). The maximum atomic E-state index is 13.6. The molecule has 216 valence electrons. The van der Waals surface area contributed by atoms with Gasteiger partial charge in [0.1, 0.15) is 11.5 Å². The lowest BCUT2D eigenvalue weighted by atomic mass is 10.1. The fourth-order valence-corrected chi connectivity index (χ4v) is 4.77. The second kappa shape index (κ2) is 14.4. The fourth-order valence-electron chi connectivity index (χ4n) is 4.57. The van der Waals surface area contributed by atoms with Crippen molar-refractivity contribution in [2.45, 2.75) is 25.7 Å². The number of halogens is 1. The molecule has 10 nitrogen and oxygen atoms in total. The summed E-state index contributed by atoms with van der Waals surface area (Å²) in [6, 6.07) is 17.0. The summed E-state index contributed by atoms with van der Waals surface area (Å²) in [5.41, 5.74) is 5.27. The van der Waals surface area contributed by atoms with Crippen molar-refractivity contribution < 1.29 is 28.7 Å². The van der Waals surface area contributed by atoms with Crippen molar-refractivity contribution in [1.29, 1.82) is 0 Å². The molecule has 11 heteroatoms. The zero-order valence-corrected chi connectivity index (χ0v) is 23.8. The minimum absolute atomic E-state index is 0.153. The van der Waals surface area contributed by atoms with E-state index in [2.05, 4.69) is 21.0 Å². The molecule has 3 aromatic rings. The van der Waals surface area contributed by atoms with Gasteiger partial charge in [0.2, 0.25) is 0 Å². The summed E-state index contributed by atoms with van der Waals surface area (Å²) in [7, 11) is 2.83. The Kier molecular flexibility index (Phi) is 10.4. The molecule has 0 atom stereocenters. The number of benzene rings is 3. The molecule has 1 heterocycles. The number of methoxy groups -OCH3 is 1. The molecule has 0 spiro atoms. The van der Waals surface area contributed by atoms with Crippen LogP contribution in [0.2, 0.25) is 5.02 Å². The summed E-state index contributed by atoms with van der Waals surface area (Å²) in [6.07, 6.45) is 3.23.